The molecule has 0 heterocycles. The summed E-state index contributed by atoms with van der Waals surface area (Å²) in [5, 5.41) is 8.69. The highest BCUT2D eigenvalue weighted by Crippen LogP contribution is 2.27. The zero-order chi connectivity index (χ0) is 13.8. The van der Waals surface area contributed by atoms with Crippen molar-refractivity contribution in [1.29, 1.82) is 0 Å². The number of aryl methyl sites for hydroxylation is 2. The molecular weight excluding hydrogens is 243 g/mol. The van der Waals surface area contributed by atoms with Crippen molar-refractivity contribution >= 4 is 5.97 Å². The first kappa shape index (κ1) is 13.3. The Bertz CT molecular complexity index is 605. The molecule has 98 valence electrons. The summed E-state index contributed by atoms with van der Waals surface area (Å²) in [6.45, 7) is 1.93. The maximum atomic E-state index is 13.9. The fourth-order valence-electron chi connectivity index (χ4n) is 2.06. The minimum absolute atomic E-state index is 0.0544. The average molecular weight is 258 g/mol. The molecule has 0 atom stereocenters. The van der Waals surface area contributed by atoms with Gasteiger partial charge in [-0.1, -0.05) is 30.3 Å². The predicted octanol–water partition coefficient (Wildman–Crippen LogP) is 3.82. The third-order valence-corrected chi connectivity index (χ3v) is 3.09. The molecule has 0 fully saturated rings. The molecule has 0 aromatic heterocycles. The molecule has 0 aliphatic heterocycles. The highest BCUT2D eigenvalue weighted by molar-refractivity contribution is 5.69. The van der Waals surface area contributed by atoms with Crippen LogP contribution in [0.2, 0.25) is 0 Å². The van der Waals surface area contributed by atoms with Crippen LogP contribution in [0, 0.1) is 12.7 Å². The summed E-state index contributed by atoms with van der Waals surface area (Å²) in [7, 11) is 0. The third-order valence-electron chi connectivity index (χ3n) is 3.09. The topological polar surface area (TPSA) is 37.3 Å². The Hall–Kier alpha value is -2.16. The maximum Gasteiger partial charge on any atom is 0.303 e. The van der Waals surface area contributed by atoms with Crippen molar-refractivity contribution in [2.24, 2.45) is 0 Å². The van der Waals surface area contributed by atoms with E-state index in [1.54, 1.807) is 12.1 Å². The van der Waals surface area contributed by atoms with E-state index in [-0.39, 0.29) is 12.2 Å². The van der Waals surface area contributed by atoms with Gasteiger partial charge in [0, 0.05) is 12.0 Å². The number of rotatable bonds is 4. The van der Waals surface area contributed by atoms with E-state index in [0.717, 1.165) is 16.7 Å². The van der Waals surface area contributed by atoms with Gasteiger partial charge in [0.15, 0.2) is 0 Å². The minimum atomic E-state index is -0.846. The van der Waals surface area contributed by atoms with Crippen LogP contribution < -0.4 is 0 Å². The molecule has 2 nitrogen and oxygen atoms in total. The highest BCUT2D eigenvalue weighted by Gasteiger charge is 2.09. The molecule has 0 amide bonds. The number of benzene rings is 2. The molecule has 2 aromatic carbocycles. The van der Waals surface area contributed by atoms with Gasteiger partial charge in [-0.2, -0.15) is 0 Å². The lowest BCUT2D eigenvalue weighted by molar-refractivity contribution is -0.136. The zero-order valence-electron chi connectivity index (χ0n) is 10.7. The summed E-state index contributed by atoms with van der Waals surface area (Å²) in [4.78, 5) is 10.6. The molecule has 1 N–H and O–H groups in total. The number of carboxylic acids is 1. The lowest BCUT2D eigenvalue weighted by Gasteiger charge is -2.09. The van der Waals surface area contributed by atoms with Crippen LogP contribution >= 0.6 is 0 Å². The number of aliphatic carboxylic acids is 1. The fraction of sp³-hybridized carbons (Fsp3) is 0.188. The van der Waals surface area contributed by atoms with Gasteiger partial charge in [-0.15, -0.1) is 0 Å². The summed E-state index contributed by atoms with van der Waals surface area (Å²) >= 11 is 0. The number of hydrogen-bond donors (Lipinski definition) is 1. The SMILES string of the molecule is Cc1ccccc1-c1cc(CCC(=O)O)ccc1F. The van der Waals surface area contributed by atoms with Gasteiger partial charge in [0.25, 0.3) is 0 Å². The van der Waals surface area contributed by atoms with Crippen LogP contribution in [0.5, 0.6) is 0 Å². The number of carbonyl (C=O) groups is 1. The van der Waals surface area contributed by atoms with E-state index in [1.807, 2.05) is 31.2 Å². The van der Waals surface area contributed by atoms with E-state index in [2.05, 4.69) is 0 Å². The molecule has 0 unspecified atom stereocenters. The zero-order valence-corrected chi connectivity index (χ0v) is 10.7. The Labute approximate surface area is 111 Å². The third kappa shape index (κ3) is 3.19. The van der Waals surface area contributed by atoms with Crippen LogP contribution in [0.3, 0.4) is 0 Å². The van der Waals surface area contributed by atoms with Crippen molar-refractivity contribution in [1.82, 2.24) is 0 Å². The molecule has 0 spiro atoms. The van der Waals surface area contributed by atoms with Crippen molar-refractivity contribution in [3.63, 3.8) is 0 Å². The quantitative estimate of drug-likeness (QED) is 0.905. The molecule has 0 aliphatic carbocycles. The van der Waals surface area contributed by atoms with E-state index in [1.165, 1.54) is 6.07 Å². The second-order valence-electron chi connectivity index (χ2n) is 4.52. The summed E-state index contributed by atoms with van der Waals surface area (Å²) < 4.78 is 13.9. The van der Waals surface area contributed by atoms with Gasteiger partial charge in [-0.3, -0.25) is 4.79 Å². The number of halogens is 1. The van der Waals surface area contributed by atoms with Crippen molar-refractivity contribution in [3.05, 3.63) is 59.4 Å². The summed E-state index contributed by atoms with van der Waals surface area (Å²) in [6, 6.07) is 12.4. The normalized spacial score (nSPS) is 10.4. The maximum absolute atomic E-state index is 13.9. The van der Waals surface area contributed by atoms with Crippen LogP contribution in [-0.2, 0) is 11.2 Å². The van der Waals surface area contributed by atoms with Crippen LogP contribution in [-0.4, -0.2) is 11.1 Å². The first-order valence-corrected chi connectivity index (χ1v) is 6.14. The van der Waals surface area contributed by atoms with Crippen LogP contribution in [0.15, 0.2) is 42.5 Å². The van der Waals surface area contributed by atoms with Crippen molar-refractivity contribution in [2.75, 3.05) is 0 Å². The van der Waals surface area contributed by atoms with E-state index in [9.17, 15) is 9.18 Å². The van der Waals surface area contributed by atoms with Crippen LogP contribution in [0.25, 0.3) is 11.1 Å². The van der Waals surface area contributed by atoms with Gasteiger partial charge in [-0.05, 0) is 42.2 Å². The van der Waals surface area contributed by atoms with Crippen LogP contribution in [0.4, 0.5) is 4.39 Å². The predicted molar refractivity (Wildman–Crippen MR) is 72.5 cm³/mol. The van der Waals surface area contributed by atoms with Gasteiger partial charge >= 0.3 is 5.97 Å². The van der Waals surface area contributed by atoms with Gasteiger partial charge in [0.2, 0.25) is 0 Å². The highest BCUT2D eigenvalue weighted by atomic mass is 19.1. The molecule has 2 aromatic rings. The lowest BCUT2D eigenvalue weighted by atomic mass is 9.97. The fourth-order valence-corrected chi connectivity index (χ4v) is 2.06. The van der Waals surface area contributed by atoms with Gasteiger partial charge in [0.1, 0.15) is 5.82 Å². The average Bonchev–Trinajstić information content (AvgIpc) is 2.38. The number of hydrogen-bond acceptors (Lipinski definition) is 1. The monoisotopic (exact) mass is 258 g/mol. The Balaban J connectivity index is 2.37. The molecule has 0 bridgehead atoms. The largest absolute Gasteiger partial charge is 0.481 e. The first-order valence-electron chi connectivity index (χ1n) is 6.14. The Morgan fingerprint density at radius 3 is 2.58 bits per heavy atom. The van der Waals surface area contributed by atoms with Crippen molar-refractivity contribution in [3.8, 4) is 11.1 Å². The molecule has 0 saturated carbocycles. The van der Waals surface area contributed by atoms with E-state index < -0.39 is 5.97 Å². The van der Waals surface area contributed by atoms with Gasteiger partial charge in [0.05, 0.1) is 0 Å². The Morgan fingerprint density at radius 2 is 1.89 bits per heavy atom. The van der Waals surface area contributed by atoms with Crippen molar-refractivity contribution < 1.29 is 14.3 Å². The lowest BCUT2D eigenvalue weighted by Crippen LogP contribution is -1.98. The second kappa shape index (κ2) is 5.65. The van der Waals surface area contributed by atoms with Gasteiger partial charge in [-0.25, -0.2) is 4.39 Å². The summed E-state index contributed by atoms with van der Waals surface area (Å²) in [6.07, 6.45) is 0.466. The van der Waals surface area contributed by atoms with E-state index >= 15 is 0 Å². The summed E-state index contributed by atoms with van der Waals surface area (Å²) in [5.74, 6) is -1.13. The smallest absolute Gasteiger partial charge is 0.303 e. The Kier molecular flexibility index (Phi) is 3.95. The molecule has 2 rings (SSSR count). The number of carboxylic acid groups (broad SMARTS) is 1. The minimum Gasteiger partial charge on any atom is -0.481 e. The van der Waals surface area contributed by atoms with Gasteiger partial charge < -0.3 is 5.11 Å². The van der Waals surface area contributed by atoms with E-state index in [0.29, 0.717) is 12.0 Å². The van der Waals surface area contributed by atoms with Crippen molar-refractivity contribution in [2.45, 2.75) is 19.8 Å². The Morgan fingerprint density at radius 1 is 1.16 bits per heavy atom. The summed E-state index contributed by atoms with van der Waals surface area (Å²) in [5.41, 5.74) is 3.21. The van der Waals surface area contributed by atoms with E-state index in [4.69, 9.17) is 5.11 Å². The molecular formula is C16H15FO2. The first-order chi connectivity index (χ1) is 9.08. The molecule has 19 heavy (non-hydrogen) atoms. The van der Waals surface area contributed by atoms with Crippen LogP contribution in [0.1, 0.15) is 17.5 Å². The standard InChI is InChI=1S/C16H15FO2/c1-11-4-2-3-5-13(11)14-10-12(6-8-15(14)17)7-9-16(18)19/h2-6,8,10H,7,9H2,1H3,(H,18,19). The molecule has 0 radical (unpaired) electrons. The molecule has 3 heteroatoms. The second-order valence-corrected chi connectivity index (χ2v) is 4.52. The molecule has 0 saturated heterocycles. The molecule has 0 aliphatic rings.